The second-order valence-corrected chi connectivity index (χ2v) is 6.44. The summed E-state index contributed by atoms with van der Waals surface area (Å²) in [6.45, 7) is 5.43. The average Bonchev–Trinajstić information content (AvgIpc) is 2.97. The third kappa shape index (κ3) is 6.06. The van der Waals surface area contributed by atoms with Gasteiger partial charge < -0.3 is 15.2 Å². The summed E-state index contributed by atoms with van der Waals surface area (Å²) in [5, 5.41) is 14.6. The summed E-state index contributed by atoms with van der Waals surface area (Å²) >= 11 is 1.70. The van der Waals surface area contributed by atoms with Crippen molar-refractivity contribution in [3.05, 3.63) is 52.2 Å². The fourth-order valence-electron chi connectivity index (χ4n) is 1.65. The van der Waals surface area contributed by atoms with Crippen molar-refractivity contribution in [1.29, 1.82) is 0 Å². The Labute approximate surface area is 136 Å². The first-order chi connectivity index (χ1) is 9.59. The number of aliphatic hydroxyl groups excluding tert-OH is 1. The van der Waals surface area contributed by atoms with Crippen LogP contribution in [0.5, 0.6) is 5.75 Å². The SMILES string of the molecule is CC(C)(CO)NCc1ccc(OCc2cccs2)cc1.Cl. The zero-order valence-electron chi connectivity index (χ0n) is 12.3. The Morgan fingerprint density at radius 3 is 2.48 bits per heavy atom. The molecule has 0 aliphatic heterocycles. The van der Waals surface area contributed by atoms with Gasteiger partial charge in [0.1, 0.15) is 12.4 Å². The smallest absolute Gasteiger partial charge is 0.122 e. The number of ether oxygens (including phenoxy) is 1. The zero-order valence-corrected chi connectivity index (χ0v) is 14.0. The number of aliphatic hydroxyl groups is 1. The maximum atomic E-state index is 9.20. The number of rotatable bonds is 7. The molecule has 1 aromatic carbocycles. The van der Waals surface area contributed by atoms with E-state index in [4.69, 9.17) is 4.74 Å². The van der Waals surface area contributed by atoms with Crippen molar-refractivity contribution in [3.8, 4) is 5.75 Å². The topological polar surface area (TPSA) is 41.5 Å². The Balaban J connectivity index is 0.00000220. The number of benzene rings is 1. The number of thiophene rings is 1. The quantitative estimate of drug-likeness (QED) is 0.816. The van der Waals surface area contributed by atoms with Gasteiger partial charge in [-0.2, -0.15) is 0 Å². The molecule has 0 aliphatic rings. The molecule has 2 N–H and O–H groups in total. The normalized spacial score (nSPS) is 11.0. The van der Waals surface area contributed by atoms with Crippen LogP contribution in [-0.2, 0) is 13.2 Å². The van der Waals surface area contributed by atoms with Gasteiger partial charge in [-0.15, -0.1) is 23.7 Å². The molecule has 1 aromatic heterocycles. The highest BCUT2D eigenvalue weighted by Crippen LogP contribution is 2.16. The van der Waals surface area contributed by atoms with Gasteiger partial charge >= 0.3 is 0 Å². The summed E-state index contributed by atoms with van der Waals surface area (Å²) in [5.41, 5.74) is 0.920. The predicted molar refractivity (Wildman–Crippen MR) is 90.3 cm³/mol. The molecule has 3 nitrogen and oxygen atoms in total. The summed E-state index contributed by atoms with van der Waals surface area (Å²) < 4.78 is 5.72. The van der Waals surface area contributed by atoms with E-state index in [2.05, 4.69) is 16.8 Å². The maximum Gasteiger partial charge on any atom is 0.122 e. The van der Waals surface area contributed by atoms with E-state index in [1.807, 2.05) is 44.2 Å². The molecular formula is C16H22ClNO2S. The molecule has 0 unspecified atom stereocenters. The van der Waals surface area contributed by atoms with Crippen LogP contribution in [-0.4, -0.2) is 17.3 Å². The van der Waals surface area contributed by atoms with Gasteiger partial charge in [0.25, 0.3) is 0 Å². The van der Waals surface area contributed by atoms with Crippen LogP contribution in [0.1, 0.15) is 24.3 Å². The van der Waals surface area contributed by atoms with Gasteiger partial charge in [-0.25, -0.2) is 0 Å². The third-order valence-corrected chi connectivity index (χ3v) is 3.90. The summed E-state index contributed by atoms with van der Waals surface area (Å²) in [6.07, 6.45) is 0. The van der Waals surface area contributed by atoms with Crippen LogP contribution in [0.25, 0.3) is 0 Å². The molecule has 0 saturated carbocycles. The van der Waals surface area contributed by atoms with Crippen molar-refractivity contribution in [2.45, 2.75) is 32.5 Å². The van der Waals surface area contributed by atoms with E-state index in [0.717, 1.165) is 12.3 Å². The van der Waals surface area contributed by atoms with Gasteiger partial charge in [-0.1, -0.05) is 18.2 Å². The van der Waals surface area contributed by atoms with E-state index in [9.17, 15) is 5.11 Å². The second-order valence-electron chi connectivity index (χ2n) is 5.41. The molecule has 0 radical (unpaired) electrons. The highest BCUT2D eigenvalue weighted by atomic mass is 35.5. The number of hydrogen-bond acceptors (Lipinski definition) is 4. The molecule has 2 aromatic rings. The van der Waals surface area contributed by atoms with Gasteiger partial charge in [-0.3, -0.25) is 0 Å². The standard InChI is InChI=1S/C16H21NO2S.ClH/c1-16(2,12-18)17-10-13-5-7-14(8-6-13)19-11-15-4-3-9-20-15;/h3-9,17-18H,10-12H2,1-2H3;1H. The molecule has 0 saturated heterocycles. The predicted octanol–water partition coefficient (Wildman–Crippen LogP) is 3.61. The summed E-state index contributed by atoms with van der Waals surface area (Å²) in [6, 6.07) is 12.2. The number of nitrogens with one attached hydrogen (secondary N) is 1. The molecule has 0 amide bonds. The lowest BCUT2D eigenvalue weighted by Crippen LogP contribution is -2.42. The van der Waals surface area contributed by atoms with Crippen LogP contribution >= 0.6 is 23.7 Å². The number of halogens is 1. The molecule has 0 aliphatic carbocycles. The highest BCUT2D eigenvalue weighted by molar-refractivity contribution is 7.09. The van der Waals surface area contributed by atoms with E-state index < -0.39 is 0 Å². The van der Waals surface area contributed by atoms with Crippen molar-refractivity contribution in [2.75, 3.05) is 6.61 Å². The molecule has 2 rings (SSSR count). The van der Waals surface area contributed by atoms with Gasteiger partial charge in [-0.05, 0) is 43.0 Å². The van der Waals surface area contributed by atoms with Crippen molar-refractivity contribution < 1.29 is 9.84 Å². The van der Waals surface area contributed by atoms with E-state index in [1.165, 1.54) is 10.4 Å². The third-order valence-electron chi connectivity index (χ3n) is 3.05. The summed E-state index contributed by atoms with van der Waals surface area (Å²) in [4.78, 5) is 1.22. The Kier molecular flexibility index (Phi) is 7.18. The van der Waals surface area contributed by atoms with E-state index >= 15 is 0 Å². The van der Waals surface area contributed by atoms with E-state index in [0.29, 0.717) is 6.61 Å². The minimum Gasteiger partial charge on any atom is -0.488 e. The van der Waals surface area contributed by atoms with Crippen LogP contribution in [0.15, 0.2) is 41.8 Å². The molecule has 0 atom stereocenters. The van der Waals surface area contributed by atoms with Crippen LogP contribution in [0, 0.1) is 0 Å². The molecule has 1 heterocycles. The fourth-order valence-corrected chi connectivity index (χ4v) is 2.27. The minimum atomic E-state index is -0.256. The zero-order chi connectivity index (χ0) is 14.4. The average molecular weight is 328 g/mol. The first kappa shape index (κ1) is 18.0. The molecule has 0 bridgehead atoms. The van der Waals surface area contributed by atoms with E-state index in [-0.39, 0.29) is 24.6 Å². The van der Waals surface area contributed by atoms with Crippen LogP contribution in [0.2, 0.25) is 0 Å². The van der Waals surface area contributed by atoms with Crippen molar-refractivity contribution >= 4 is 23.7 Å². The first-order valence-corrected chi connectivity index (χ1v) is 7.57. The Morgan fingerprint density at radius 2 is 1.90 bits per heavy atom. The molecule has 5 heteroatoms. The molecule has 0 fully saturated rings. The lowest BCUT2D eigenvalue weighted by Gasteiger charge is -2.23. The lowest BCUT2D eigenvalue weighted by atomic mass is 10.1. The van der Waals surface area contributed by atoms with Gasteiger partial charge in [0.15, 0.2) is 0 Å². The van der Waals surface area contributed by atoms with Crippen LogP contribution < -0.4 is 10.1 Å². The van der Waals surface area contributed by atoms with Gasteiger partial charge in [0.05, 0.1) is 6.61 Å². The Hall–Kier alpha value is -1.07. The van der Waals surface area contributed by atoms with Gasteiger partial charge in [0.2, 0.25) is 0 Å². The molecule has 21 heavy (non-hydrogen) atoms. The fraction of sp³-hybridized carbons (Fsp3) is 0.375. The highest BCUT2D eigenvalue weighted by Gasteiger charge is 2.14. The molecular weight excluding hydrogens is 306 g/mol. The summed E-state index contributed by atoms with van der Waals surface area (Å²) in [7, 11) is 0. The first-order valence-electron chi connectivity index (χ1n) is 6.69. The largest absolute Gasteiger partial charge is 0.488 e. The van der Waals surface area contributed by atoms with Crippen molar-refractivity contribution in [1.82, 2.24) is 5.32 Å². The minimum absolute atomic E-state index is 0. The molecule has 0 spiro atoms. The summed E-state index contributed by atoms with van der Waals surface area (Å²) in [5.74, 6) is 0.878. The molecule has 116 valence electrons. The van der Waals surface area contributed by atoms with Crippen LogP contribution in [0.4, 0.5) is 0 Å². The van der Waals surface area contributed by atoms with Crippen LogP contribution in [0.3, 0.4) is 0 Å². The van der Waals surface area contributed by atoms with Crippen molar-refractivity contribution in [3.63, 3.8) is 0 Å². The monoisotopic (exact) mass is 327 g/mol. The number of hydrogen-bond donors (Lipinski definition) is 2. The second kappa shape index (κ2) is 8.39. The van der Waals surface area contributed by atoms with Crippen molar-refractivity contribution in [2.24, 2.45) is 0 Å². The van der Waals surface area contributed by atoms with Gasteiger partial charge in [0, 0.05) is 17.0 Å². The Bertz CT molecular complexity index is 512. The lowest BCUT2D eigenvalue weighted by molar-refractivity contribution is 0.187. The van der Waals surface area contributed by atoms with E-state index in [1.54, 1.807) is 11.3 Å². The maximum absolute atomic E-state index is 9.20. The Morgan fingerprint density at radius 1 is 1.19 bits per heavy atom.